The zero-order valence-electron chi connectivity index (χ0n) is 13.0. The number of nitrogens with two attached hydrogens (primary N) is 1. The van der Waals surface area contributed by atoms with Crippen LogP contribution < -0.4 is 5.73 Å². The number of para-hydroxylation sites is 1. The van der Waals surface area contributed by atoms with Gasteiger partial charge in [0.15, 0.2) is 5.17 Å². The number of benzene rings is 1. The van der Waals surface area contributed by atoms with E-state index in [2.05, 4.69) is 28.8 Å². The summed E-state index contributed by atoms with van der Waals surface area (Å²) in [5, 5.41) is 10.4. The van der Waals surface area contributed by atoms with E-state index in [-0.39, 0.29) is 11.0 Å². The van der Waals surface area contributed by atoms with Crippen molar-refractivity contribution in [2.45, 2.75) is 25.0 Å². The van der Waals surface area contributed by atoms with Crippen molar-refractivity contribution >= 4 is 22.6 Å². The second-order valence-electron chi connectivity index (χ2n) is 5.58. The molecule has 3 N–H and O–H groups in total. The third kappa shape index (κ3) is 3.37. The normalized spacial score (nSPS) is 17.8. The summed E-state index contributed by atoms with van der Waals surface area (Å²) in [4.78, 5) is 13.3. The van der Waals surface area contributed by atoms with Crippen LogP contribution in [0, 0.1) is 0 Å². The smallest absolute Gasteiger partial charge is 0.160 e. The van der Waals surface area contributed by atoms with Crippen LogP contribution in [0.15, 0.2) is 47.7 Å². The molecule has 118 valence electrons. The molecule has 1 unspecified atom stereocenters. The summed E-state index contributed by atoms with van der Waals surface area (Å²) in [5.74, 6) is 0.525. The molecular weight excluding hydrogens is 308 g/mol. The second kappa shape index (κ2) is 6.42. The Morgan fingerprint density at radius 3 is 2.61 bits per heavy atom. The molecule has 0 spiro atoms. The van der Waals surface area contributed by atoms with E-state index >= 15 is 0 Å². The molecule has 1 aliphatic rings. The minimum Gasteiger partial charge on any atom is -0.507 e. The lowest BCUT2D eigenvalue weighted by atomic mass is 10.1. The highest BCUT2D eigenvalue weighted by molar-refractivity contribution is 8.14. The molecule has 1 aromatic carbocycles. The number of nitrogens with zero attached hydrogens (tertiary/aromatic N) is 3. The van der Waals surface area contributed by atoms with Crippen LogP contribution in [-0.2, 0) is 0 Å². The maximum atomic E-state index is 10.0. The van der Waals surface area contributed by atoms with Crippen LogP contribution in [0.1, 0.15) is 42.0 Å². The summed E-state index contributed by atoms with van der Waals surface area (Å²) in [6.07, 6.45) is 5.54. The minimum atomic E-state index is -0.0733. The highest BCUT2D eigenvalue weighted by Crippen LogP contribution is 2.38. The van der Waals surface area contributed by atoms with Gasteiger partial charge in [0.2, 0.25) is 0 Å². The fourth-order valence-electron chi connectivity index (χ4n) is 2.27. The topological polar surface area (TPSA) is 84.4 Å². The third-order valence-electron chi connectivity index (χ3n) is 3.54. The quantitative estimate of drug-likeness (QED) is 0.902. The van der Waals surface area contributed by atoms with Crippen LogP contribution in [0.4, 0.5) is 0 Å². The molecule has 0 bridgehead atoms. The van der Waals surface area contributed by atoms with Crippen LogP contribution in [0.2, 0.25) is 0 Å². The molecule has 0 saturated heterocycles. The number of hydrogen-bond acceptors (Lipinski definition) is 6. The number of phenols is 1. The summed E-state index contributed by atoms with van der Waals surface area (Å²) in [6, 6.07) is 7.08. The maximum Gasteiger partial charge on any atom is 0.160 e. The lowest BCUT2D eigenvalue weighted by molar-refractivity contribution is 0.473. The first kappa shape index (κ1) is 15.6. The Morgan fingerprint density at radius 2 is 1.96 bits per heavy atom. The van der Waals surface area contributed by atoms with E-state index in [1.165, 1.54) is 11.8 Å². The van der Waals surface area contributed by atoms with Crippen LogP contribution in [-0.4, -0.2) is 20.2 Å². The number of thioether (sulfide) groups is 1. The molecule has 1 atom stereocenters. The largest absolute Gasteiger partial charge is 0.507 e. The van der Waals surface area contributed by atoms with E-state index < -0.39 is 0 Å². The second-order valence-corrected chi connectivity index (χ2v) is 6.74. The first-order valence-corrected chi connectivity index (χ1v) is 8.25. The number of aromatic hydroxyl groups is 1. The first-order valence-electron chi connectivity index (χ1n) is 7.37. The van der Waals surface area contributed by atoms with Crippen molar-refractivity contribution in [1.82, 2.24) is 9.97 Å². The molecule has 6 heteroatoms. The zero-order valence-corrected chi connectivity index (χ0v) is 13.8. The Labute approximate surface area is 139 Å². The summed E-state index contributed by atoms with van der Waals surface area (Å²) >= 11 is 1.43. The lowest BCUT2D eigenvalue weighted by Gasteiger charge is -2.18. The molecule has 0 aliphatic carbocycles. The molecular formula is C17H18N4OS. The highest BCUT2D eigenvalue weighted by atomic mass is 32.2. The van der Waals surface area contributed by atoms with E-state index in [0.29, 0.717) is 22.3 Å². The number of aromatic nitrogens is 2. The molecule has 3 rings (SSSR count). The van der Waals surface area contributed by atoms with Gasteiger partial charge in [-0.15, -0.1) is 0 Å². The van der Waals surface area contributed by atoms with Gasteiger partial charge in [0.05, 0.1) is 28.5 Å². The zero-order chi connectivity index (χ0) is 16.4. The van der Waals surface area contributed by atoms with Crippen LogP contribution >= 0.6 is 11.8 Å². The van der Waals surface area contributed by atoms with Crippen molar-refractivity contribution in [2.75, 3.05) is 0 Å². The van der Waals surface area contributed by atoms with Gasteiger partial charge >= 0.3 is 0 Å². The predicted octanol–water partition coefficient (Wildman–Crippen LogP) is 3.45. The van der Waals surface area contributed by atoms with Gasteiger partial charge in [0, 0.05) is 11.8 Å². The summed E-state index contributed by atoms with van der Waals surface area (Å²) in [5.41, 5.74) is 9.06. The van der Waals surface area contributed by atoms with Gasteiger partial charge in [-0.05, 0) is 24.1 Å². The van der Waals surface area contributed by atoms with E-state index in [1.807, 2.05) is 18.2 Å². The predicted molar refractivity (Wildman–Crippen MR) is 94.2 cm³/mol. The number of rotatable bonds is 3. The van der Waals surface area contributed by atoms with Gasteiger partial charge in [0.25, 0.3) is 0 Å². The van der Waals surface area contributed by atoms with Crippen LogP contribution in [0.5, 0.6) is 5.75 Å². The lowest BCUT2D eigenvalue weighted by Crippen LogP contribution is -2.14. The average Bonchev–Trinajstić information content (AvgIpc) is 2.55. The summed E-state index contributed by atoms with van der Waals surface area (Å²) < 4.78 is 0. The Hall–Kier alpha value is -2.34. The van der Waals surface area contributed by atoms with Crippen molar-refractivity contribution in [1.29, 1.82) is 0 Å². The van der Waals surface area contributed by atoms with E-state index in [0.717, 1.165) is 11.4 Å². The molecule has 2 heterocycles. The Balaban J connectivity index is 1.95. The van der Waals surface area contributed by atoms with Crippen molar-refractivity contribution in [3.05, 3.63) is 59.7 Å². The molecule has 1 aromatic heterocycles. The fraction of sp³-hybridized carbons (Fsp3) is 0.235. The van der Waals surface area contributed by atoms with Gasteiger partial charge in [-0.25, -0.2) is 4.99 Å². The number of hydrogen-bond donors (Lipinski definition) is 2. The fourth-order valence-corrected chi connectivity index (χ4v) is 3.12. The molecule has 0 saturated carbocycles. The number of amidine groups is 1. The van der Waals surface area contributed by atoms with E-state index in [9.17, 15) is 5.11 Å². The Morgan fingerprint density at radius 1 is 1.17 bits per heavy atom. The van der Waals surface area contributed by atoms with E-state index in [4.69, 9.17) is 5.73 Å². The van der Waals surface area contributed by atoms with Gasteiger partial charge < -0.3 is 10.8 Å². The highest BCUT2D eigenvalue weighted by Gasteiger charge is 2.21. The molecule has 0 fully saturated rings. The molecule has 1 aliphatic heterocycles. The van der Waals surface area contributed by atoms with Gasteiger partial charge in [-0.2, -0.15) is 0 Å². The summed E-state index contributed by atoms with van der Waals surface area (Å²) in [6.45, 7) is 4.17. The van der Waals surface area contributed by atoms with Gasteiger partial charge in [-0.3, -0.25) is 9.97 Å². The minimum absolute atomic E-state index is 0.0733. The Kier molecular flexibility index (Phi) is 4.34. The first-order chi connectivity index (χ1) is 11.0. The summed E-state index contributed by atoms with van der Waals surface area (Å²) in [7, 11) is 0. The molecule has 5 nitrogen and oxygen atoms in total. The van der Waals surface area contributed by atoms with Crippen molar-refractivity contribution in [3.63, 3.8) is 0 Å². The van der Waals surface area contributed by atoms with Gasteiger partial charge in [-0.1, -0.05) is 37.7 Å². The van der Waals surface area contributed by atoms with Crippen molar-refractivity contribution in [3.8, 4) is 5.75 Å². The SMILES string of the molecule is CC(C)c1cnc(C2C=C(c3ccccc3O)N=C(N)S2)cn1. The Bertz CT molecular complexity index is 768. The molecule has 0 amide bonds. The number of phenolic OH excluding ortho intramolecular Hbond substituents is 1. The van der Waals surface area contributed by atoms with Crippen molar-refractivity contribution in [2.24, 2.45) is 10.7 Å². The third-order valence-corrected chi connectivity index (χ3v) is 4.51. The van der Waals surface area contributed by atoms with Crippen LogP contribution in [0.3, 0.4) is 0 Å². The monoisotopic (exact) mass is 326 g/mol. The standard InChI is InChI=1S/C17H18N4OS/c1-10(2)13-8-20-14(9-19-13)16-7-12(21-17(18)23-16)11-5-3-4-6-15(11)22/h3-10,16,22H,1-2H3,(H2,18,21). The molecule has 2 aromatic rings. The maximum absolute atomic E-state index is 10.0. The number of aliphatic imine (C=N–C) groups is 1. The van der Waals surface area contributed by atoms with Crippen LogP contribution in [0.25, 0.3) is 5.70 Å². The molecule has 23 heavy (non-hydrogen) atoms. The average molecular weight is 326 g/mol. The molecule has 0 radical (unpaired) electrons. The van der Waals surface area contributed by atoms with Gasteiger partial charge in [0.1, 0.15) is 5.75 Å². The van der Waals surface area contributed by atoms with E-state index in [1.54, 1.807) is 24.5 Å². The van der Waals surface area contributed by atoms with Crippen molar-refractivity contribution < 1.29 is 5.11 Å².